The minimum atomic E-state index is 0.248. The van der Waals surface area contributed by atoms with E-state index in [4.69, 9.17) is 5.73 Å². The molecule has 0 bridgehead atoms. The largest absolute Gasteiger partial charge is 0.324 e. The van der Waals surface area contributed by atoms with Gasteiger partial charge in [0.05, 0.1) is 0 Å². The Morgan fingerprint density at radius 1 is 1.69 bits per heavy atom. The second-order valence-electron chi connectivity index (χ2n) is 5.17. The Kier molecular flexibility index (Phi) is 2.97. The van der Waals surface area contributed by atoms with E-state index in [0.717, 1.165) is 12.8 Å². The van der Waals surface area contributed by atoms with Crippen LogP contribution in [0.5, 0.6) is 0 Å². The van der Waals surface area contributed by atoms with Crippen molar-refractivity contribution in [1.82, 2.24) is 0 Å². The molecule has 0 saturated carbocycles. The van der Waals surface area contributed by atoms with E-state index >= 15 is 0 Å². The molecule has 1 aliphatic rings. The Balaban J connectivity index is 2.69. The van der Waals surface area contributed by atoms with E-state index < -0.39 is 0 Å². The van der Waals surface area contributed by atoms with Gasteiger partial charge in [0.1, 0.15) is 0 Å². The molecule has 1 atom stereocenters. The molecule has 2 N–H and O–H groups in total. The van der Waals surface area contributed by atoms with Gasteiger partial charge in [-0.05, 0) is 31.6 Å². The zero-order chi connectivity index (χ0) is 10.1. The van der Waals surface area contributed by atoms with E-state index in [2.05, 4.69) is 33.4 Å². The van der Waals surface area contributed by atoms with Crippen molar-refractivity contribution in [2.45, 2.75) is 46.1 Å². The molecule has 0 aromatic rings. The first-order valence-electron chi connectivity index (χ1n) is 4.98. The molecule has 0 fully saturated rings. The number of hydrogen-bond donors (Lipinski definition) is 1. The van der Waals surface area contributed by atoms with Gasteiger partial charge in [-0.25, -0.2) is 0 Å². The lowest BCUT2D eigenvalue weighted by molar-refractivity contribution is 0.299. The Morgan fingerprint density at radius 2 is 2.31 bits per heavy atom. The van der Waals surface area contributed by atoms with Gasteiger partial charge in [0.2, 0.25) is 0 Å². The monoisotopic (exact) mass is 179 g/mol. The number of nitrogens with two attached hydrogens (primary N) is 1. The van der Waals surface area contributed by atoms with Crippen molar-refractivity contribution in [2.24, 2.45) is 11.1 Å². The zero-order valence-electron chi connectivity index (χ0n) is 9.06. The molecule has 1 rings (SSSR count). The van der Waals surface area contributed by atoms with Crippen molar-refractivity contribution in [1.29, 1.82) is 0 Å². The summed E-state index contributed by atoms with van der Waals surface area (Å²) in [5, 5.41) is 0. The first-order valence-corrected chi connectivity index (χ1v) is 4.98. The van der Waals surface area contributed by atoms with Crippen LogP contribution < -0.4 is 5.73 Å². The van der Waals surface area contributed by atoms with Crippen molar-refractivity contribution in [3.63, 3.8) is 0 Å². The minimum Gasteiger partial charge on any atom is -0.324 e. The molecule has 1 nitrogen and oxygen atoms in total. The summed E-state index contributed by atoms with van der Waals surface area (Å²) in [6.07, 6.45) is 5.53. The van der Waals surface area contributed by atoms with E-state index in [0.29, 0.717) is 5.41 Å². The smallest absolute Gasteiger partial charge is 0.0231 e. The zero-order valence-corrected chi connectivity index (χ0v) is 9.06. The van der Waals surface area contributed by atoms with Crippen LogP contribution in [0.3, 0.4) is 0 Å². The number of rotatable bonds is 2. The van der Waals surface area contributed by atoms with Gasteiger partial charge in [-0.1, -0.05) is 37.6 Å². The lowest BCUT2D eigenvalue weighted by Gasteiger charge is -2.33. The first kappa shape index (κ1) is 10.5. The van der Waals surface area contributed by atoms with Crippen LogP contribution in [-0.2, 0) is 0 Å². The van der Waals surface area contributed by atoms with E-state index in [-0.39, 0.29) is 6.04 Å². The van der Waals surface area contributed by atoms with Crippen LogP contribution in [0.1, 0.15) is 40.0 Å². The summed E-state index contributed by atoms with van der Waals surface area (Å²) in [6.45, 7) is 10.6. The van der Waals surface area contributed by atoms with Crippen LogP contribution >= 0.6 is 0 Å². The summed E-state index contributed by atoms with van der Waals surface area (Å²) >= 11 is 0. The quantitative estimate of drug-likeness (QED) is 0.648. The van der Waals surface area contributed by atoms with Crippen molar-refractivity contribution >= 4 is 0 Å². The average Bonchev–Trinajstić information content (AvgIpc) is 1.78. The van der Waals surface area contributed by atoms with Gasteiger partial charge in [-0.15, -0.1) is 0 Å². The van der Waals surface area contributed by atoms with Crippen LogP contribution in [0.25, 0.3) is 0 Å². The van der Waals surface area contributed by atoms with Crippen LogP contribution in [0.15, 0.2) is 23.8 Å². The lowest BCUT2D eigenvalue weighted by atomic mass is 9.74. The van der Waals surface area contributed by atoms with Crippen molar-refractivity contribution in [3.8, 4) is 0 Å². The van der Waals surface area contributed by atoms with Crippen molar-refractivity contribution < 1.29 is 0 Å². The van der Waals surface area contributed by atoms with Crippen LogP contribution in [-0.4, -0.2) is 6.04 Å². The van der Waals surface area contributed by atoms with E-state index in [1.807, 2.05) is 0 Å². The van der Waals surface area contributed by atoms with Gasteiger partial charge in [0.25, 0.3) is 0 Å². The Labute approximate surface area is 81.7 Å². The third-order valence-corrected chi connectivity index (χ3v) is 2.47. The van der Waals surface area contributed by atoms with Crippen molar-refractivity contribution in [2.75, 3.05) is 0 Å². The highest BCUT2D eigenvalue weighted by molar-refractivity contribution is 5.19. The molecule has 0 aromatic carbocycles. The van der Waals surface area contributed by atoms with Gasteiger partial charge in [0, 0.05) is 6.04 Å². The Morgan fingerprint density at radius 3 is 2.77 bits per heavy atom. The molecule has 74 valence electrons. The number of hydrogen-bond acceptors (Lipinski definition) is 1. The van der Waals surface area contributed by atoms with Crippen molar-refractivity contribution in [3.05, 3.63) is 23.8 Å². The van der Waals surface area contributed by atoms with Gasteiger partial charge in [-0.2, -0.15) is 0 Å². The molecule has 0 radical (unpaired) electrons. The molecule has 0 spiro atoms. The first-order chi connectivity index (χ1) is 5.89. The highest BCUT2D eigenvalue weighted by Gasteiger charge is 2.26. The van der Waals surface area contributed by atoms with E-state index in [9.17, 15) is 0 Å². The normalized spacial score (nSPS) is 26.8. The SMILES string of the molecule is C=C(C)CC1=CC(N)CC(C)(C)C1. The fourth-order valence-corrected chi connectivity index (χ4v) is 2.25. The third-order valence-electron chi connectivity index (χ3n) is 2.47. The molecule has 0 amide bonds. The second-order valence-corrected chi connectivity index (χ2v) is 5.17. The molecule has 0 saturated heterocycles. The standard InChI is InChI=1S/C12H21N/c1-9(2)5-10-6-11(13)8-12(3,4)7-10/h6,11H,1,5,7-8,13H2,2-4H3. The predicted octanol–water partition coefficient (Wildman–Crippen LogP) is 3.03. The number of allylic oxidation sites excluding steroid dienone is 2. The van der Waals surface area contributed by atoms with Crippen LogP contribution in [0, 0.1) is 5.41 Å². The molecule has 1 heteroatoms. The second kappa shape index (κ2) is 3.67. The summed E-state index contributed by atoms with van der Waals surface area (Å²) in [4.78, 5) is 0. The third kappa shape index (κ3) is 3.35. The summed E-state index contributed by atoms with van der Waals surface area (Å²) in [5.74, 6) is 0. The van der Waals surface area contributed by atoms with E-state index in [1.165, 1.54) is 17.6 Å². The molecule has 1 unspecified atom stereocenters. The molecule has 0 aliphatic heterocycles. The fourth-order valence-electron chi connectivity index (χ4n) is 2.25. The predicted molar refractivity (Wildman–Crippen MR) is 58.5 cm³/mol. The average molecular weight is 179 g/mol. The molecule has 1 aliphatic carbocycles. The Hall–Kier alpha value is -0.560. The molecule has 0 heterocycles. The summed E-state index contributed by atoms with van der Waals surface area (Å²) < 4.78 is 0. The van der Waals surface area contributed by atoms with Crippen LogP contribution in [0.4, 0.5) is 0 Å². The van der Waals surface area contributed by atoms with Crippen LogP contribution in [0.2, 0.25) is 0 Å². The van der Waals surface area contributed by atoms with E-state index in [1.54, 1.807) is 0 Å². The summed E-state index contributed by atoms with van der Waals surface area (Å²) in [7, 11) is 0. The maximum absolute atomic E-state index is 5.97. The molecular weight excluding hydrogens is 158 g/mol. The maximum Gasteiger partial charge on any atom is 0.0231 e. The minimum absolute atomic E-state index is 0.248. The maximum atomic E-state index is 5.97. The lowest BCUT2D eigenvalue weighted by Crippen LogP contribution is -2.31. The van der Waals surface area contributed by atoms with Gasteiger partial charge in [-0.3, -0.25) is 0 Å². The highest BCUT2D eigenvalue weighted by atomic mass is 14.6. The van der Waals surface area contributed by atoms with Gasteiger partial charge >= 0.3 is 0 Å². The van der Waals surface area contributed by atoms with Gasteiger partial charge < -0.3 is 5.73 Å². The molecule has 0 aromatic heterocycles. The fraction of sp³-hybridized carbons (Fsp3) is 0.667. The molecular formula is C12H21N. The summed E-state index contributed by atoms with van der Waals surface area (Å²) in [6, 6.07) is 0.248. The molecule has 13 heavy (non-hydrogen) atoms. The topological polar surface area (TPSA) is 26.0 Å². The van der Waals surface area contributed by atoms with Gasteiger partial charge in [0.15, 0.2) is 0 Å². The summed E-state index contributed by atoms with van der Waals surface area (Å²) in [5.41, 5.74) is 9.05. The highest BCUT2D eigenvalue weighted by Crippen LogP contribution is 2.36. The Bertz CT molecular complexity index is 236.